The third-order valence-corrected chi connectivity index (χ3v) is 2.46. The lowest BCUT2D eigenvalue weighted by Crippen LogP contribution is -2.12. The molecule has 6 nitrogen and oxygen atoms in total. The maximum Gasteiger partial charge on any atom is 0.269 e. The van der Waals surface area contributed by atoms with Crippen LogP contribution in [0.2, 0.25) is 0 Å². The summed E-state index contributed by atoms with van der Waals surface area (Å²) in [6.07, 6.45) is 0. The fourth-order valence-electron chi connectivity index (χ4n) is 1.57. The molecule has 0 fully saturated rings. The van der Waals surface area contributed by atoms with Gasteiger partial charge in [-0.1, -0.05) is 17.3 Å². The molecule has 2 aromatic rings. The first-order valence-electron chi connectivity index (χ1n) is 5.51. The van der Waals surface area contributed by atoms with Crippen LogP contribution in [0, 0.1) is 17.0 Å². The number of non-ortho nitro benzene ring substituents is 1. The molecule has 1 aromatic carbocycles. The molecule has 0 radical (unpaired) electrons. The van der Waals surface area contributed by atoms with Gasteiger partial charge in [0, 0.05) is 31.3 Å². The van der Waals surface area contributed by atoms with Gasteiger partial charge in [0.1, 0.15) is 5.76 Å². The molecule has 0 spiro atoms. The van der Waals surface area contributed by atoms with E-state index in [0.717, 1.165) is 17.0 Å². The lowest BCUT2D eigenvalue weighted by Gasteiger charge is -2.02. The van der Waals surface area contributed by atoms with Gasteiger partial charge in [-0.05, 0) is 12.5 Å². The van der Waals surface area contributed by atoms with Crippen molar-refractivity contribution >= 4 is 5.69 Å². The third-order valence-electron chi connectivity index (χ3n) is 2.46. The van der Waals surface area contributed by atoms with Crippen molar-refractivity contribution in [3.05, 3.63) is 57.5 Å². The second-order valence-electron chi connectivity index (χ2n) is 3.96. The Bertz CT molecular complexity index is 534. The standard InChI is InChI=1S/C12H13N3O3/c1-9-6-11(14-18-9)8-13-7-10-2-4-12(5-3-10)15(16)17/h2-6,13H,7-8H2,1H3. The summed E-state index contributed by atoms with van der Waals surface area (Å²) in [7, 11) is 0. The van der Waals surface area contributed by atoms with Crippen molar-refractivity contribution in [2.45, 2.75) is 20.0 Å². The lowest BCUT2D eigenvalue weighted by atomic mass is 10.2. The van der Waals surface area contributed by atoms with Crippen molar-refractivity contribution < 1.29 is 9.45 Å². The number of hydrogen-bond acceptors (Lipinski definition) is 5. The Labute approximate surface area is 104 Å². The minimum absolute atomic E-state index is 0.103. The summed E-state index contributed by atoms with van der Waals surface area (Å²) >= 11 is 0. The number of benzene rings is 1. The molecule has 1 N–H and O–H groups in total. The Kier molecular flexibility index (Phi) is 3.69. The summed E-state index contributed by atoms with van der Waals surface area (Å²) in [4.78, 5) is 10.1. The minimum Gasteiger partial charge on any atom is -0.361 e. The summed E-state index contributed by atoms with van der Waals surface area (Å²) in [5.74, 6) is 0.780. The van der Waals surface area contributed by atoms with Crippen LogP contribution in [-0.4, -0.2) is 10.1 Å². The summed E-state index contributed by atoms with van der Waals surface area (Å²) < 4.78 is 4.94. The van der Waals surface area contributed by atoms with Gasteiger partial charge in [0.15, 0.2) is 0 Å². The van der Waals surface area contributed by atoms with Crippen LogP contribution in [0.1, 0.15) is 17.0 Å². The van der Waals surface area contributed by atoms with Crippen molar-refractivity contribution in [2.24, 2.45) is 0 Å². The topological polar surface area (TPSA) is 81.2 Å². The molecule has 2 rings (SSSR count). The van der Waals surface area contributed by atoms with E-state index >= 15 is 0 Å². The number of rotatable bonds is 5. The number of nitro groups is 1. The van der Waals surface area contributed by atoms with Gasteiger partial charge >= 0.3 is 0 Å². The van der Waals surface area contributed by atoms with Crippen molar-refractivity contribution in [2.75, 3.05) is 0 Å². The Morgan fingerprint density at radius 3 is 2.61 bits per heavy atom. The molecular weight excluding hydrogens is 234 g/mol. The van der Waals surface area contributed by atoms with E-state index in [1.54, 1.807) is 12.1 Å². The number of nitrogens with zero attached hydrogens (tertiary/aromatic N) is 2. The van der Waals surface area contributed by atoms with E-state index in [2.05, 4.69) is 10.5 Å². The van der Waals surface area contributed by atoms with E-state index in [4.69, 9.17) is 4.52 Å². The van der Waals surface area contributed by atoms with Crippen LogP contribution >= 0.6 is 0 Å². The Hall–Kier alpha value is -2.21. The van der Waals surface area contributed by atoms with E-state index in [9.17, 15) is 10.1 Å². The first-order valence-corrected chi connectivity index (χ1v) is 5.51. The van der Waals surface area contributed by atoms with Crippen LogP contribution in [0.15, 0.2) is 34.9 Å². The van der Waals surface area contributed by atoms with E-state index in [1.807, 2.05) is 13.0 Å². The molecule has 0 aliphatic rings. The maximum atomic E-state index is 10.5. The van der Waals surface area contributed by atoms with Crippen molar-refractivity contribution in [3.63, 3.8) is 0 Å². The smallest absolute Gasteiger partial charge is 0.269 e. The van der Waals surface area contributed by atoms with Crippen molar-refractivity contribution in [1.82, 2.24) is 10.5 Å². The molecule has 94 valence electrons. The molecule has 0 bridgehead atoms. The average Bonchev–Trinajstić information content (AvgIpc) is 2.76. The van der Waals surface area contributed by atoms with Crippen LogP contribution in [0.3, 0.4) is 0 Å². The average molecular weight is 247 g/mol. The van der Waals surface area contributed by atoms with Crippen LogP contribution < -0.4 is 5.32 Å². The molecule has 1 heterocycles. The van der Waals surface area contributed by atoms with E-state index < -0.39 is 4.92 Å². The van der Waals surface area contributed by atoms with E-state index in [1.165, 1.54) is 12.1 Å². The monoisotopic (exact) mass is 247 g/mol. The molecule has 0 saturated carbocycles. The van der Waals surface area contributed by atoms with Crippen molar-refractivity contribution in [1.29, 1.82) is 0 Å². The number of nitro benzene ring substituents is 1. The molecule has 0 atom stereocenters. The summed E-state index contributed by atoms with van der Waals surface area (Å²) in [5, 5.41) is 17.5. The van der Waals surface area contributed by atoms with Gasteiger partial charge in [-0.25, -0.2) is 0 Å². The normalized spacial score (nSPS) is 10.5. The molecule has 18 heavy (non-hydrogen) atoms. The number of hydrogen-bond donors (Lipinski definition) is 1. The van der Waals surface area contributed by atoms with Crippen LogP contribution in [0.5, 0.6) is 0 Å². The summed E-state index contributed by atoms with van der Waals surface area (Å²) in [5.41, 5.74) is 1.93. The van der Waals surface area contributed by atoms with Crippen LogP contribution in [0.4, 0.5) is 5.69 Å². The van der Waals surface area contributed by atoms with Gasteiger partial charge in [-0.15, -0.1) is 0 Å². The minimum atomic E-state index is -0.407. The predicted molar refractivity (Wildman–Crippen MR) is 64.9 cm³/mol. The molecule has 6 heteroatoms. The summed E-state index contributed by atoms with van der Waals surface area (Å²) in [6.45, 7) is 3.07. The Morgan fingerprint density at radius 1 is 1.33 bits per heavy atom. The first kappa shape index (κ1) is 12.3. The summed E-state index contributed by atoms with van der Waals surface area (Å²) in [6, 6.07) is 8.33. The highest BCUT2D eigenvalue weighted by Gasteiger charge is 2.04. The Morgan fingerprint density at radius 2 is 2.06 bits per heavy atom. The van der Waals surface area contributed by atoms with Gasteiger partial charge in [0.25, 0.3) is 5.69 Å². The molecule has 0 aliphatic heterocycles. The first-order chi connectivity index (χ1) is 8.65. The zero-order valence-corrected chi connectivity index (χ0v) is 9.92. The van der Waals surface area contributed by atoms with Crippen molar-refractivity contribution in [3.8, 4) is 0 Å². The number of aryl methyl sites for hydroxylation is 1. The second-order valence-corrected chi connectivity index (χ2v) is 3.96. The van der Waals surface area contributed by atoms with Gasteiger partial charge in [-0.2, -0.15) is 0 Å². The highest BCUT2D eigenvalue weighted by molar-refractivity contribution is 5.32. The molecular formula is C12H13N3O3. The zero-order valence-electron chi connectivity index (χ0n) is 9.92. The van der Waals surface area contributed by atoms with E-state index in [0.29, 0.717) is 13.1 Å². The quantitative estimate of drug-likeness (QED) is 0.647. The maximum absolute atomic E-state index is 10.5. The third kappa shape index (κ3) is 3.14. The predicted octanol–water partition coefficient (Wildman–Crippen LogP) is 2.18. The van der Waals surface area contributed by atoms with E-state index in [-0.39, 0.29) is 5.69 Å². The SMILES string of the molecule is Cc1cc(CNCc2ccc([N+](=O)[O-])cc2)no1. The second kappa shape index (κ2) is 5.42. The van der Waals surface area contributed by atoms with Crippen LogP contribution in [-0.2, 0) is 13.1 Å². The van der Waals surface area contributed by atoms with Gasteiger partial charge in [0.2, 0.25) is 0 Å². The molecule has 0 aliphatic carbocycles. The fourth-order valence-corrected chi connectivity index (χ4v) is 1.57. The van der Waals surface area contributed by atoms with Gasteiger partial charge in [-0.3, -0.25) is 10.1 Å². The lowest BCUT2D eigenvalue weighted by molar-refractivity contribution is -0.384. The Balaban J connectivity index is 1.85. The zero-order chi connectivity index (χ0) is 13.0. The number of aromatic nitrogens is 1. The van der Waals surface area contributed by atoms with Crippen LogP contribution in [0.25, 0.3) is 0 Å². The van der Waals surface area contributed by atoms with Gasteiger partial charge in [0.05, 0.1) is 10.6 Å². The number of nitrogens with one attached hydrogen (secondary N) is 1. The molecule has 0 saturated heterocycles. The van der Waals surface area contributed by atoms with Gasteiger partial charge < -0.3 is 9.84 Å². The highest BCUT2D eigenvalue weighted by Crippen LogP contribution is 2.11. The largest absolute Gasteiger partial charge is 0.361 e. The highest BCUT2D eigenvalue weighted by atomic mass is 16.6. The molecule has 0 amide bonds. The molecule has 1 aromatic heterocycles. The fraction of sp³-hybridized carbons (Fsp3) is 0.250. The molecule has 0 unspecified atom stereocenters.